The first kappa shape index (κ1) is 18.9. The Hall–Kier alpha value is -2.83. The Morgan fingerprint density at radius 2 is 1.97 bits per heavy atom. The van der Waals surface area contributed by atoms with Gasteiger partial charge in [0, 0.05) is 28.9 Å². The van der Waals surface area contributed by atoms with Crippen molar-refractivity contribution in [2.75, 3.05) is 0 Å². The van der Waals surface area contributed by atoms with E-state index in [1.807, 2.05) is 16.8 Å². The van der Waals surface area contributed by atoms with Crippen LogP contribution < -0.4 is 0 Å². The first-order valence-electron chi connectivity index (χ1n) is 11.2. The summed E-state index contributed by atoms with van der Waals surface area (Å²) in [7, 11) is 0. The van der Waals surface area contributed by atoms with E-state index >= 15 is 0 Å². The molecule has 6 rings (SSSR count). The van der Waals surface area contributed by atoms with Crippen LogP contribution in [0.1, 0.15) is 42.1 Å². The molecule has 2 aliphatic rings. The molecule has 0 radical (unpaired) electrons. The minimum Gasteiger partial charge on any atom is -0.390 e. The zero-order chi connectivity index (χ0) is 20.9. The molecule has 0 spiro atoms. The summed E-state index contributed by atoms with van der Waals surface area (Å²) in [6.07, 6.45) is 9.58. The van der Waals surface area contributed by atoms with Crippen LogP contribution in [-0.4, -0.2) is 41.9 Å². The molecule has 0 saturated heterocycles. The average Bonchev–Trinajstić information content (AvgIpc) is 3.49. The molecule has 158 valence electrons. The molecule has 1 aromatic carbocycles. The fourth-order valence-corrected chi connectivity index (χ4v) is 5.51. The van der Waals surface area contributed by atoms with Crippen molar-refractivity contribution in [1.82, 2.24) is 19.5 Å². The van der Waals surface area contributed by atoms with Gasteiger partial charge in [-0.2, -0.15) is 0 Å². The van der Waals surface area contributed by atoms with E-state index in [9.17, 15) is 10.2 Å². The standard InChI is InChI=1S/C25H26N4O2/c30-23-18(12-22(24(23)31)29-9-8-19-13-26-14-27-25(19)29)7-5-15-4-6-17-11-16-2-1-3-20(16)28-21(17)10-15/h4,6,8-11,13-14,18,22-24,30-31H,1-3,5,7,12H2/t18-,22+,23+,24-/m0/s1. The van der Waals surface area contributed by atoms with Crippen LogP contribution in [0.25, 0.3) is 21.9 Å². The first-order valence-corrected chi connectivity index (χ1v) is 11.2. The van der Waals surface area contributed by atoms with Gasteiger partial charge in [-0.05, 0) is 73.8 Å². The highest BCUT2D eigenvalue weighted by molar-refractivity contribution is 5.80. The monoisotopic (exact) mass is 414 g/mol. The molecule has 6 nitrogen and oxygen atoms in total. The van der Waals surface area contributed by atoms with Crippen LogP contribution in [-0.2, 0) is 19.3 Å². The smallest absolute Gasteiger partial charge is 0.143 e. The van der Waals surface area contributed by atoms with Crippen LogP contribution in [0, 0.1) is 5.92 Å². The highest BCUT2D eigenvalue weighted by Gasteiger charge is 2.42. The van der Waals surface area contributed by atoms with Gasteiger partial charge < -0.3 is 14.8 Å². The molecule has 0 bridgehead atoms. The van der Waals surface area contributed by atoms with E-state index in [0.717, 1.165) is 48.7 Å². The molecule has 1 fully saturated rings. The summed E-state index contributed by atoms with van der Waals surface area (Å²) in [6, 6.07) is 10.6. The van der Waals surface area contributed by atoms with Gasteiger partial charge in [0.25, 0.3) is 0 Å². The summed E-state index contributed by atoms with van der Waals surface area (Å²) in [5.41, 5.74) is 5.77. The fraction of sp³-hybridized carbons (Fsp3) is 0.400. The van der Waals surface area contributed by atoms with E-state index in [-0.39, 0.29) is 12.0 Å². The second kappa shape index (κ2) is 7.39. The predicted molar refractivity (Wildman–Crippen MR) is 119 cm³/mol. The fourth-order valence-electron chi connectivity index (χ4n) is 5.51. The van der Waals surface area contributed by atoms with Gasteiger partial charge in [0.15, 0.2) is 0 Å². The Morgan fingerprint density at radius 1 is 1.03 bits per heavy atom. The summed E-state index contributed by atoms with van der Waals surface area (Å²) in [5, 5.41) is 23.7. The van der Waals surface area contributed by atoms with Crippen molar-refractivity contribution >= 4 is 21.9 Å². The summed E-state index contributed by atoms with van der Waals surface area (Å²) in [5.74, 6) is 0.0444. The molecule has 4 aromatic rings. The zero-order valence-corrected chi connectivity index (χ0v) is 17.4. The van der Waals surface area contributed by atoms with Gasteiger partial charge >= 0.3 is 0 Å². The average molecular weight is 415 g/mol. The largest absolute Gasteiger partial charge is 0.390 e. The third kappa shape index (κ3) is 3.22. The van der Waals surface area contributed by atoms with Gasteiger partial charge in [-0.15, -0.1) is 0 Å². The molecule has 3 aromatic heterocycles. The van der Waals surface area contributed by atoms with Gasteiger partial charge in [0.1, 0.15) is 18.1 Å². The maximum absolute atomic E-state index is 10.8. The predicted octanol–water partition coefficient (Wildman–Crippen LogP) is 3.38. The van der Waals surface area contributed by atoms with Crippen LogP contribution in [0.3, 0.4) is 0 Å². The van der Waals surface area contributed by atoms with Crippen LogP contribution in [0.2, 0.25) is 0 Å². The maximum Gasteiger partial charge on any atom is 0.143 e. The van der Waals surface area contributed by atoms with Crippen LogP contribution in [0.4, 0.5) is 0 Å². The number of aliphatic hydroxyl groups is 2. The van der Waals surface area contributed by atoms with Crippen LogP contribution >= 0.6 is 0 Å². The number of rotatable bonds is 4. The molecule has 6 heteroatoms. The number of fused-ring (bicyclic) bond motifs is 3. The van der Waals surface area contributed by atoms with Crippen molar-refractivity contribution in [1.29, 1.82) is 0 Å². The Morgan fingerprint density at radius 3 is 2.90 bits per heavy atom. The summed E-state index contributed by atoms with van der Waals surface area (Å²) < 4.78 is 1.99. The van der Waals surface area contributed by atoms with Gasteiger partial charge in [0.2, 0.25) is 0 Å². The van der Waals surface area contributed by atoms with Crippen molar-refractivity contribution in [2.45, 2.75) is 56.8 Å². The van der Waals surface area contributed by atoms with E-state index < -0.39 is 12.2 Å². The Kier molecular flexibility index (Phi) is 4.51. The molecule has 1 saturated carbocycles. The molecule has 2 N–H and O–H groups in total. The summed E-state index contributed by atoms with van der Waals surface area (Å²) in [4.78, 5) is 13.3. The zero-order valence-electron chi connectivity index (χ0n) is 17.4. The van der Waals surface area contributed by atoms with Crippen molar-refractivity contribution in [3.05, 3.63) is 65.9 Å². The van der Waals surface area contributed by atoms with Crippen molar-refractivity contribution < 1.29 is 10.2 Å². The Bertz CT molecular complexity index is 1270. The quantitative estimate of drug-likeness (QED) is 0.535. The number of aliphatic hydroxyl groups excluding tert-OH is 2. The van der Waals surface area contributed by atoms with E-state index in [4.69, 9.17) is 4.98 Å². The Balaban J connectivity index is 1.20. The molecular weight excluding hydrogens is 388 g/mol. The molecule has 0 aliphatic heterocycles. The highest BCUT2D eigenvalue weighted by Crippen LogP contribution is 2.39. The SMILES string of the molecule is O[C@@H]1[C@@H](CCc2ccc3cc4c(nc3c2)CCC4)C[C@@H](n2ccc3cncnc32)[C@@H]1O. The number of benzene rings is 1. The number of hydrogen-bond acceptors (Lipinski definition) is 5. The second-order valence-electron chi connectivity index (χ2n) is 9.08. The lowest BCUT2D eigenvalue weighted by Gasteiger charge is -2.18. The van der Waals surface area contributed by atoms with Gasteiger partial charge in [-0.1, -0.05) is 12.1 Å². The molecule has 0 amide bonds. The first-order chi connectivity index (χ1) is 15.2. The molecule has 4 atom stereocenters. The normalized spacial score (nSPS) is 25.5. The molecule has 3 heterocycles. The van der Waals surface area contributed by atoms with E-state index in [1.54, 1.807) is 6.20 Å². The van der Waals surface area contributed by atoms with Crippen LogP contribution in [0.5, 0.6) is 0 Å². The van der Waals surface area contributed by atoms with E-state index in [2.05, 4.69) is 34.2 Å². The number of hydrogen-bond donors (Lipinski definition) is 2. The third-order valence-electron chi connectivity index (χ3n) is 7.22. The summed E-state index contributed by atoms with van der Waals surface area (Å²) in [6.45, 7) is 0. The van der Waals surface area contributed by atoms with Gasteiger partial charge in [0.05, 0.1) is 17.7 Å². The number of aryl methyl sites for hydroxylation is 3. The lowest BCUT2D eigenvalue weighted by Crippen LogP contribution is -2.29. The minimum atomic E-state index is -0.795. The maximum atomic E-state index is 10.8. The Labute approximate surface area is 180 Å². The third-order valence-corrected chi connectivity index (χ3v) is 7.22. The molecule has 2 aliphatic carbocycles. The topological polar surface area (TPSA) is 84.1 Å². The molecule has 0 unspecified atom stereocenters. The minimum absolute atomic E-state index is 0.0444. The summed E-state index contributed by atoms with van der Waals surface area (Å²) >= 11 is 0. The molecule has 31 heavy (non-hydrogen) atoms. The highest BCUT2D eigenvalue weighted by atomic mass is 16.3. The number of nitrogens with zero attached hydrogens (tertiary/aromatic N) is 4. The van der Waals surface area contributed by atoms with Crippen molar-refractivity contribution in [2.24, 2.45) is 5.92 Å². The van der Waals surface area contributed by atoms with E-state index in [0.29, 0.717) is 0 Å². The van der Waals surface area contributed by atoms with Gasteiger partial charge in [-0.25, -0.2) is 9.97 Å². The second-order valence-corrected chi connectivity index (χ2v) is 9.08. The van der Waals surface area contributed by atoms with Gasteiger partial charge in [-0.3, -0.25) is 4.98 Å². The number of pyridine rings is 1. The van der Waals surface area contributed by atoms with E-state index in [1.165, 1.54) is 35.0 Å². The van der Waals surface area contributed by atoms with Crippen molar-refractivity contribution in [3.8, 4) is 0 Å². The van der Waals surface area contributed by atoms with Crippen molar-refractivity contribution in [3.63, 3.8) is 0 Å². The lowest BCUT2D eigenvalue weighted by molar-refractivity contribution is 0.00545. The lowest BCUT2D eigenvalue weighted by atomic mass is 9.95. The van der Waals surface area contributed by atoms with Crippen LogP contribution in [0.15, 0.2) is 49.1 Å². The number of aromatic nitrogens is 4. The molecular formula is C25H26N4O2.